The van der Waals surface area contributed by atoms with Gasteiger partial charge in [0, 0.05) is 30.5 Å². The van der Waals surface area contributed by atoms with Gasteiger partial charge in [-0.15, -0.1) is 0 Å². The number of hydrogen-bond acceptors (Lipinski definition) is 5. The highest BCUT2D eigenvalue weighted by Gasteiger charge is 2.11. The van der Waals surface area contributed by atoms with Crippen LogP contribution in [0.1, 0.15) is 30.2 Å². The first-order valence-electron chi connectivity index (χ1n) is 8.42. The molecule has 138 valence electrons. The predicted octanol–water partition coefficient (Wildman–Crippen LogP) is 0.974. The van der Waals surface area contributed by atoms with Gasteiger partial charge in [0.05, 0.1) is 0 Å². The lowest BCUT2D eigenvalue weighted by Crippen LogP contribution is -2.34. The van der Waals surface area contributed by atoms with Crippen molar-refractivity contribution in [2.45, 2.75) is 33.4 Å². The highest BCUT2D eigenvalue weighted by molar-refractivity contribution is 5.94. The Morgan fingerprint density at radius 1 is 1.31 bits per heavy atom. The fraction of sp³-hybridized carbons (Fsp3) is 0.333. The molecule has 0 saturated heterocycles. The summed E-state index contributed by atoms with van der Waals surface area (Å²) in [6.45, 7) is 4.64. The van der Waals surface area contributed by atoms with Crippen LogP contribution in [0, 0.1) is 12.3 Å². The van der Waals surface area contributed by atoms with Crippen molar-refractivity contribution >= 4 is 17.6 Å². The number of carbonyl (C=O) groups excluding carboxylic acids is 1. The fourth-order valence-electron chi connectivity index (χ4n) is 2.33. The van der Waals surface area contributed by atoms with E-state index in [2.05, 4.69) is 15.6 Å². The van der Waals surface area contributed by atoms with E-state index in [0.29, 0.717) is 24.3 Å². The lowest BCUT2D eigenvalue weighted by Gasteiger charge is -2.12. The third kappa shape index (κ3) is 4.92. The molecule has 0 fully saturated rings. The summed E-state index contributed by atoms with van der Waals surface area (Å²) in [7, 11) is 0. The highest BCUT2D eigenvalue weighted by atomic mass is 16.2. The van der Waals surface area contributed by atoms with Crippen molar-refractivity contribution in [3.05, 3.63) is 57.6 Å². The van der Waals surface area contributed by atoms with Gasteiger partial charge in [0.1, 0.15) is 12.4 Å². The Morgan fingerprint density at radius 2 is 2.00 bits per heavy atom. The molecule has 1 heterocycles. The fourth-order valence-corrected chi connectivity index (χ4v) is 2.33. The van der Waals surface area contributed by atoms with E-state index in [9.17, 15) is 9.59 Å². The second-order valence-corrected chi connectivity index (χ2v) is 5.95. The number of aryl methyl sites for hydroxylation is 1. The largest absolute Gasteiger partial charge is 0.384 e. The van der Waals surface area contributed by atoms with Crippen molar-refractivity contribution in [3.8, 4) is 0 Å². The standard InChI is InChI=1S/C18H24N6O2/c1-3-8-21-17-18(26)24(12(2)9-23-17)11-15(25)22-10-13-4-6-14(7-5-13)16(19)20/h4-7,9H,3,8,10-11H2,1-2H3,(H3,19,20)(H,21,23)(H,22,25). The third-order valence-electron chi connectivity index (χ3n) is 3.85. The number of nitrogen functional groups attached to an aromatic ring is 1. The minimum atomic E-state index is -0.306. The van der Waals surface area contributed by atoms with Crippen molar-refractivity contribution in [1.82, 2.24) is 14.9 Å². The molecule has 26 heavy (non-hydrogen) atoms. The molecule has 0 unspecified atom stereocenters. The molecule has 5 N–H and O–H groups in total. The molecule has 8 nitrogen and oxygen atoms in total. The van der Waals surface area contributed by atoms with Crippen molar-refractivity contribution in [1.29, 1.82) is 5.41 Å². The van der Waals surface area contributed by atoms with Gasteiger partial charge in [0.15, 0.2) is 5.82 Å². The molecule has 0 atom stereocenters. The Kier molecular flexibility index (Phi) is 6.48. The number of benzene rings is 1. The number of aromatic nitrogens is 2. The number of nitrogens with zero attached hydrogens (tertiary/aromatic N) is 2. The summed E-state index contributed by atoms with van der Waals surface area (Å²) in [5.74, 6) is -0.0100. The van der Waals surface area contributed by atoms with Crippen LogP contribution in [-0.2, 0) is 17.9 Å². The number of amidine groups is 1. The lowest BCUT2D eigenvalue weighted by molar-refractivity contribution is -0.121. The monoisotopic (exact) mass is 356 g/mol. The molecule has 2 rings (SSSR count). The minimum Gasteiger partial charge on any atom is -0.384 e. The zero-order valence-electron chi connectivity index (χ0n) is 15.0. The van der Waals surface area contributed by atoms with Crippen LogP contribution in [0.15, 0.2) is 35.3 Å². The zero-order chi connectivity index (χ0) is 19.1. The van der Waals surface area contributed by atoms with Gasteiger partial charge in [-0.2, -0.15) is 0 Å². The molecular weight excluding hydrogens is 332 g/mol. The van der Waals surface area contributed by atoms with Gasteiger partial charge in [0.25, 0.3) is 5.56 Å². The SMILES string of the molecule is CCCNc1ncc(C)n(CC(=O)NCc2ccc(C(=N)N)cc2)c1=O. The summed E-state index contributed by atoms with van der Waals surface area (Å²) in [4.78, 5) is 28.8. The smallest absolute Gasteiger partial charge is 0.293 e. The molecule has 2 aromatic rings. The number of nitrogens with two attached hydrogens (primary N) is 1. The highest BCUT2D eigenvalue weighted by Crippen LogP contribution is 2.04. The van der Waals surface area contributed by atoms with Crippen LogP contribution >= 0.6 is 0 Å². The van der Waals surface area contributed by atoms with Crippen LogP contribution in [-0.4, -0.2) is 27.8 Å². The van der Waals surface area contributed by atoms with E-state index in [0.717, 1.165) is 12.0 Å². The van der Waals surface area contributed by atoms with Gasteiger partial charge in [-0.25, -0.2) is 4.98 Å². The molecule has 1 aromatic heterocycles. The predicted molar refractivity (Wildman–Crippen MR) is 101 cm³/mol. The second-order valence-electron chi connectivity index (χ2n) is 5.95. The van der Waals surface area contributed by atoms with Gasteiger partial charge in [-0.3, -0.25) is 19.6 Å². The molecule has 0 radical (unpaired) electrons. The molecule has 0 aliphatic heterocycles. The summed E-state index contributed by atoms with van der Waals surface area (Å²) >= 11 is 0. The maximum atomic E-state index is 12.4. The average molecular weight is 356 g/mol. The number of amides is 1. The zero-order valence-corrected chi connectivity index (χ0v) is 15.0. The summed E-state index contributed by atoms with van der Waals surface area (Å²) in [6.07, 6.45) is 2.45. The maximum absolute atomic E-state index is 12.4. The van der Waals surface area contributed by atoms with Gasteiger partial charge in [-0.05, 0) is 18.9 Å². The Morgan fingerprint density at radius 3 is 2.62 bits per heavy atom. The summed E-state index contributed by atoms with van der Waals surface area (Å²) < 4.78 is 1.40. The molecule has 0 saturated carbocycles. The normalized spacial score (nSPS) is 10.4. The van der Waals surface area contributed by atoms with E-state index in [4.69, 9.17) is 11.1 Å². The van der Waals surface area contributed by atoms with Gasteiger partial charge in [0.2, 0.25) is 5.91 Å². The molecule has 0 spiro atoms. The van der Waals surface area contributed by atoms with E-state index in [1.54, 1.807) is 37.4 Å². The quantitative estimate of drug-likeness (QED) is 0.414. The van der Waals surface area contributed by atoms with Crippen LogP contribution < -0.4 is 21.9 Å². The Labute approximate surface area is 152 Å². The van der Waals surface area contributed by atoms with Crippen molar-refractivity contribution in [3.63, 3.8) is 0 Å². The van der Waals surface area contributed by atoms with E-state index < -0.39 is 0 Å². The molecule has 8 heteroatoms. The van der Waals surface area contributed by atoms with Gasteiger partial charge in [-0.1, -0.05) is 31.2 Å². The maximum Gasteiger partial charge on any atom is 0.293 e. The number of anilines is 1. The lowest BCUT2D eigenvalue weighted by atomic mass is 10.1. The van der Waals surface area contributed by atoms with Gasteiger partial charge < -0.3 is 16.4 Å². The second kappa shape index (κ2) is 8.80. The number of carbonyl (C=O) groups is 1. The molecule has 1 amide bonds. The summed E-state index contributed by atoms with van der Waals surface area (Å²) in [6, 6.07) is 7.06. The number of hydrogen-bond donors (Lipinski definition) is 4. The van der Waals surface area contributed by atoms with Crippen LogP contribution in [0.25, 0.3) is 0 Å². The summed E-state index contributed by atoms with van der Waals surface area (Å²) in [5.41, 5.74) is 7.24. The van der Waals surface area contributed by atoms with Crippen LogP contribution in [0.5, 0.6) is 0 Å². The van der Waals surface area contributed by atoms with E-state index in [1.165, 1.54) is 4.57 Å². The van der Waals surface area contributed by atoms with Gasteiger partial charge >= 0.3 is 0 Å². The third-order valence-corrected chi connectivity index (χ3v) is 3.85. The Balaban J connectivity index is 2.01. The minimum absolute atomic E-state index is 0.000565. The van der Waals surface area contributed by atoms with Crippen molar-refractivity contribution in [2.75, 3.05) is 11.9 Å². The molecular formula is C18H24N6O2. The van der Waals surface area contributed by atoms with E-state index >= 15 is 0 Å². The first kappa shape index (κ1) is 19.2. The molecule has 0 aliphatic rings. The molecule has 1 aromatic carbocycles. The molecule has 0 aliphatic carbocycles. The van der Waals surface area contributed by atoms with Crippen molar-refractivity contribution in [2.24, 2.45) is 5.73 Å². The average Bonchev–Trinajstić information content (AvgIpc) is 2.63. The first-order chi connectivity index (χ1) is 12.4. The number of nitrogens with one attached hydrogen (secondary N) is 3. The van der Waals surface area contributed by atoms with Crippen molar-refractivity contribution < 1.29 is 4.79 Å². The Bertz CT molecular complexity index is 842. The van der Waals surface area contributed by atoms with E-state index in [-0.39, 0.29) is 29.7 Å². The summed E-state index contributed by atoms with van der Waals surface area (Å²) in [5, 5.41) is 13.1. The van der Waals surface area contributed by atoms with E-state index in [1.807, 2.05) is 6.92 Å². The van der Waals surface area contributed by atoms with Crippen LogP contribution in [0.2, 0.25) is 0 Å². The molecule has 0 bridgehead atoms. The number of rotatable bonds is 8. The Hall–Kier alpha value is -3.16. The van der Waals surface area contributed by atoms with Crippen LogP contribution in [0.3, 0.4) is 0 Å². The topological polar surface area (TPSA) is 126 Å². The van der Waals surface area contributed by atoms with Crippen LogP contribution in [0.4, 0.5) is 5.82 Å². The first-order valence-corrected chi connectivity index (χ1v) is 8.42.